The Morgan fingerprint density at radius 1 is 0.562 bits per heavy atom. The van der Waals surface area contributed by atoms with Crippen LogP contribution in [0.1, 0.15) is 187 Å². The van der Waals surface area contributed by atoms with Gasteiger partial charge in [0, 0.05) is 13.0 Å². The number of carbonyl (C=O) groups excluding carboxylic acids is 1. The van der Waals surface area contributed by atoms with Crippen LogP contribution < -0.4 is 4.89 Å². The van der Waals surface area contributed by atoms with Crippen LogP contribution in [-0.2, 0) is 27.9 Å². The van der Waals surface area contributed by atoms with Crippen molar-refractivity contribution in [3.8, 4) is 0 Å². The number of nitrogens with zero attached hydrogens (tertiary/aromatic N) is 1. The molecule has 0 aromatic heterocycles. The molecule has 0 saturated heterocycles. The Morgan fingerprint density at radius 2 is 0.958 bits per heavy atom. The van der Waals surface area contributed by atoms with Gasteiger partial charge in [-0.15, -0.1) is 0 Å². The van der Waals surface area contributed by atoms with E-state index in [1.54, 1.807) is 0 Å². The summed E-state index contributed by atoms with van der Waals surface area (Å²) in [4.78, 5) is 24.8. The molecule has 0 aliphatic heterocycles. The molecule has 0 fully saturated rings. The highest BCUT2D eigenvalue weighted by Crippen LogP contribution is 2.38. The van der Waals surface area contributed by atoms with Crippen molar-refractivity contribution < 1.29 is 37.3 Å². The van der Waals surface area contributed by atoms with Gasteiger partial charge in [0.25, 0.3) is 7.82 Å². The third-order valence-electron chi connectivity index (χ3n) is 8.91. The van der Waals surface area contributed by atoms with Crippen molar-refractivity contribution in [3.05, 3.63) is 0 Å². The molecule has 2 unspecified atom stereocenters. The highest BCUT2D eigenvalue weighted by atomic mass is 31.2. The van der Waals surface area contributed by atoms with E-state index < -0.39 is 13.9 Å². The van der Waals surface area contributed by atoms with Gasteiger partial charge in [0.15, 0.2) is 0 Å². The molecule has 8 nitrogen and oxygen atoms in total. The first-order chi connectivity index (χ1) is 23.1. The molecule has 288 valence electrons. The number of phosphoric ester groups is 1. The van der Waals surface area contributed by atoms with Crippen LogP contribution in [0.3, 0.4) is 0 Å². The van der Waals surface area contributed by atoms with E-state index in [-0.39, 0.29) is 25.8 Å². The normalized spacial score (nSPS) is 13.9. The minimum Gasteiger partial charge on any atom is -0.756 e. The summed E-state index contributed by atoms with van der Waals surface area (Å²) in [7, 11) is 1.37. The number of rotatable bonds is 38. The summed E-state index contributed by atoms with van der Waals surface area (Å²) in [6, 6.07) is 0. The number of hydrogen-bond acceptors (Lipinski definition) is 7. The average Bonchev–Trinajstić information content (AvgIpc) is 3.03. The summed E-state index contributed by atoms with van der Waals surface area (Å²) in [5.74, 6) is -0.335. The summed E-state index contributed by atoms with van der Waals surface area (Å²) in [6.07, 6.45) is 32.6. The number of phosphoric acid groups is 1. The summed E-state index contributed by atoms with van der Waals surface area (Å²) in [5, 5.41) is 0. The predicted octanol–water partition coefficient (Wildman–Crippen LogP) is 10.7. The van der Waals surface area contributed by atoms with Gasteiger partial charge in [-0.3, -0.25) is 9.36 Å². The van der Waals surface area contributed by atoms with Gasteiger partial charge in [-0.1, -0.05) is 168 Å². The molecule has 0 N–H and O–H groups in total. The lowest BCUT2D eigenvalue weighted by atomic mass is 10.0. The minimum atomic E-state index is -4.51. The van der Waals surface area contributed by atoms with E-state index in [2.05, 4.69) is 13.8 Å². The third kappa shape index (κ3) is 36.8. The van der Waals surface area contributed by atoms with Crippen LogP contribution in [0.5, 0.6) is 0 Å². The molecule has 0 radical (unpaired) electrons. The topological polar surface area (TPSA) is 94.1 Å². The fraction of sp³-hybridized carbons (Fsp3) is 0.974. The van der Waals surface area contributed by atoms with Crippen molar-refractivity contribution in [1.82, 2.24) is 0 Å². The van der Waals surface area contributed by atoms with Gasteiger partial charge in [-0.2, -0.15) is 0 Å². The number of esters is 1. The molecular weight excluding hydrogens is 625 g/mol. The van der Waals surface area contributed by atoms with Crippen molar-refractivity contribution in [3.63, 3.8) is 0 Å². The minimum absolute atomic E-state index is 0.0308. The molecule has 0 aromatic carbocycles. The Kier molecular flexibility index (Phi) is 33.3. The molecule has 0 aromatic rings. The lowest BCUT2D eigenvalue weighted by Crippen LogP contribution is -2.37. The molecule has 0 aliphatic carbocycles. The monoisotopic (exact) mass is 706 g/mol. The lowest BCUT2D eigenvalue weighted by Gasteiger charge is -2.28. The maximum absolute atomic E-state index is 12.5. The number of carbonyl (C=O) groups is 1. The zero-order valence-corrected chi connectivity index (χ0v) is 33.4. The molecule has 0 aliphatic rings. The molecular formula is C39H80NO7P. The van der Waals surface area contributed by atoms with Gasteiger partial charge >= 0.3 is 5.97 Å². The molecule has 0 saturated carbocycles. The van der Waals surface area contributed by atoms with Crippen LogP contribution in [-0.4, -0.2) is 70.7 Å². The molecule has 0 rings (SSSR count). The second-order valence-electron chi connectivity index (χ2n) is 15.0. The Balaban J connectivity index is 4.11. The fourth-order valence-electron chi connectivity index (χ4n) is 5.72. The molecule has 0 amide bonds. The Bertz CT molecular complexity index is 746. The quantitative estimate of drug-likeness (QED) is 0.0273. The highest BCUT2D eigenvalue weighted by molar-refractivity contribution is 7.45. The van der Waals surface area contributed by atoms with Crippen LogP contribution in [0.2, 0.25) is 0 Å². The fourth-order valence-corrected chi connectivity index (χ4v) is 6.45. The van der Waals surface area contributed by atoms with Crippen LogP contribution in [0.4, 0.5) is 0 Å². The van der Waals surface area contributed by atoms with Crippen molar-refractivity contribution in [2.75, 3.05) is 54.1 Å². The number of unbranched alkanes of at least 4 members (excludes halogenated alkanes) is 24. The Hall–Kier alpha value is -0.500. The average molecular weight is 706 g/mol. The first kappa shape index (κ1) is 47.5. The van der Waals surface area contributed by atoms with Crippen LogP contribution in [0.25, 0.3) is 0 Å². The van der Waals surface area contributed by atoms with Crippen LogP contribution in [0, 0.1) is 0 Å². The van der Waals surface area contributed by atoms with Gasteiger partial charge in [-0.05, 0) is 12.8 Å². The zero-order chi connectivity index (χ0) is 35.6. The van der Waals surface area contributed by atoms with E-state index in [9.17, 15) is 14.3 Å². The van der Waals surface area contributed by atoms with Crippen molar-refractivity contribution in [2.45, 2.75) is 193 Å². The third-order valence-corrected chi connectivity index (χ3v) is 9.87. The second-order valence-corrected chi connectivity index (χ2v) is 16.4. The predicted molar refractivity (Wildman–Crippen MR) is 199 cm³/mol. The molecule has 2 atom stereocenters. The first-order valence-electron chi connectivity index (χ1n) is 20.3. The number of quaternary nitrogens is 1. The van der Waals surface area contributed by atoms with Crippen LogP contribution >= 0.6 is 7.82 Å². The Morgan fingerprint density at radius 3 is 1.38 bits per heavy atom. The largest absolute Gasteiger partial charge is 0.756 e. The zero-order valence-electron chi connectivity index (χ0n) is 32.5. The molecule has 0 spiro atoms. The number of ether oxygens (including phenoxy) is 2. The van der Waals surface area contributed by atoms with Crippen molar-refractivity contribution >= 4 is 13.8 Å². The number of hydrogen-bond donors (Lipinski definition) is 0. The van der Waals surface area contributed by atoms with Gasteiger partial charge in [0.2, 0.25) is 0 Å². The van der Waals surface area contributed by atoms with E-state index in [0.717, 1.165) is 32.1 Å². The molecule has 9 heteroatoms. The first-order valence-corrected chi connectivity index (χ1v) is 21.7. The van der Waals surface area contributed by atoms with E-state index in [1.807, 2.05) is 21.1 Å². The molecule has 0 heterocycles. The molecule has 0 bridgehead atoms. The van der Waals surface area contributed by atoms with E-state index in [1.165, 1.54) is 135 Å². The van der Waals surface area contributed by atoms with Crippen molar-refractivity contribution in [1.29, 1.82) is 0 Å². The smallest absolute Gasteiger partial charge is 0.306 e. The van der Waals surface area contributed by atoms with E-state index in [4.69, 9.17) is 18.5 Å². The summed E-state index contributed by atoms with van der Waals surface area (Å²) >= 11 is 0. The van der Waals surface area contributed by atoms with E-state index in [0.29, 0.717) is 24.1 Å². The van der Waals surface area contributed by atoms with Crippen LogP contribution in [0.15, 0.2) is 0 Å². The number of likely N-dealkylation sites (N-methyl/N-ethyl adjacent to an activating group) is 1. The molecule has 48 heavy (non-hydrogen) atoms. The highest BCUT2D eigenvalue weighted by Gasteiger charge is 2.20. The van der Waals surface area contributed by atoms with Gasteiger partial charge in [0.05, 0.1) is 34.4 Å². The van der Waals surface area contributed by atoms with Crippen molar-refractivity contribution in [2.24, 2.45) is 0 Å². The summed E-state index contributed by atoms with van der Waals surface area (Å²) < 4.78 is 34.4. The standard InChI is InChI=1S/C39H80NO7P/c1-6-8-10-12-14-16-17-18-19-20-21-22-23-24-25-27-29-31-34-44-36-38(37-46-48(42,43)45-35-33-40(3,4)5)47-39(41)32-30-28-26-15-13-11-9-7-2/h38H,6-37H2,1-5H3. The van der Waals surface area contributed by atoms with Gasteiger partial charge in [-0.25, -0.2) is 0 Å². The van der Waals surface area contributed by atoms with E-state index >= 15 is 0 Å². The maximum Gasteiger partial charge on any atom is 0.306 e. The van der Waals surface area contributed by atoms with Gasteiger partial charge < -0.3 is 27.9 Å². The maximum atomic E-state index is 12.5. The van der Waals surface area contributed by atoms with Gasteiger partial charge in [0.1, 0.15) is 19.3 Å². The summed E-state index contributed by atoms with van der Waals surface area (Å²) in [5.41, 5.74) is 0. The lowest BCUT2D eigenvalue weighted by molar-refractivity contribution is -0.870. The Labute approximate surface area is 298 Å². The second kappa shape index (κ2) is 33.6. The SMILES string of the molecule is CCCCCCCCCCCCCCCCCCCCOCC(COP(=O)([O-])OCC[N+](C)(C)C)OC(=O)CCCCCCCCCC. The summed E-state index contributed by atoms with van der Waals surface area (Å²) in [6.45, 7) is 5.42.